The molecule has 0 radical (unpaired) electrons. The van der Waals surface area contributed by atoms with Crippen molar-refractivity contribution < 1.29 is 4.79 Å². The fraction of sp³-hybridized carbons (Fsp3) is 0.933. The molecule has 1 aliphatic carbocycles. The van der Waals surface area contributed by atoms with Crippen LogP contribution in [0.1, 0.15) is 65.7 Å². The molecule has 0 aromatic rings. The van der Waals surface area contributed by atoms with Gasteiger partial charge >= 0.3 is 0 Å². The minimum atomic E-state index is -0.301. The molecular weight excluding hydrogens is 224 g/mol. The van der Waals surface area contributed by atoms with E-state index in [1.807, 2.05) is 11.9 Å². The Morgan fingerprint density at radius 1 is 1.39 bits per heavy atom. The van der Waals surface area contributed by atoms with Gasteiger partial charge in [-0.05, 0) is 37.5 Å². The van der Waals surface area contributed by atoms with Gasteiger partial charge in [0.1, 0.15) is 0 Å². The second kappa shape index (κ2) is 6.55. The molecule has 0 bridgehead atoms. The molecule has 1 atom stereocenters. The highest BCUT2D eigenvalue weighted by Crippen LogP contribution is 2.36. The lowest BCUT2D eigenvalue weighted by Crippen LogP contribution is -2.48. The van der Waals surface area contributed by atoms with Crippen LogP contribution in [0.2, 0.25) is 0 Å². The summed E-state index contributed by atoms with van der Waals surface area (Å²) < 4.78 is 0. The molecule has 1 rings (SSSR count). The Kier molecular flexibility index (Phi) is 5.64. The highest BCUT2D eigenvalue weighted by molar-refractivity contribution is 5.81. The second-order valence-electron chi connectivity index (χ2n) is 6.59. The van der Waals surface area contributed by atoms with Gasteiger partial charge in [-0.25, -0.2) is 0 Å². The van der Waals surface area contributed by atoms with Crippen molar-refractivity contribution in [3.8, 4) is 0 Å². The molecule has 0 aliphatic heterocycles. The zero-order valence-electron chi connectivity index (χ0n) is 12.5. The van der Waals surface area contributed by atoms with Crippen molar-refractivity contribution in [1.29, 1.82) is 0 Å². The number of unbranched alkanes of at least 4 members (excludes halogenated alkanes) is 1. The lowest BCUT2D eigenvalue weighted by Gasteiger charge is -2.39. The van der Waals surface area contributed by atoms with Gasteiger partial charge in [-0.3, -0.25) is 4.79 Å². The monoisotopic (exact) mass is 254 g/mol. The molecule has 0 saturated heterocycles. The molecule has 0 aromatic carbocycles. The minimum absolute atomic E-state index is 0.133. The third-order valence-corrected chi connectivity index (χ3v) is 4.39. The van der Waals surface area contributed by atoms with Crippen molar-refractivity contribution in [1.82, 2.24) is 4.90 Å². The number of carbonyl (C=O) groups excluding carboxylic acids is 1. The summed E-state index contributed by atoms with van der Waals surface area (Å²) >= 11 is 0. The van der Waals surface area contributed by atoms with E-state index in [0.717, 1.165) is 32.1 Å². The van der Waals surface area contributed by atoms with Crippen LogP contribution in [0.3, 0.4) is 0 Å². The predicted octanol–water partition coefficient (Wildman–Crippen LogP) is 2.93. The Labute approximate surface area is 112 Å². The number of likely N-dealkylation sites (N-methyl/N-ethyl adjacent to an activating group) is 1. The average molecular weight is 254 g/mol. The number of amides is 1. The fourth-order valence-corrected chi connectivity index (χ4v) is 2.76. The summed E-state index contributed by atoms with van der Waals surface area (Å²) in [7, 11) is 1.93. The van der Waals surface area contributed by atoms with Crippen molar-refractivity contribution in [3.63, 3.8) is 0 Å². The first-order valence-electron chi connectivity index (χ1n) is 7.39. The third-order valence-electron chi connectivity index (χ3n) is 4.39. The molecule has 3 heteroatoms. The van der Waals surface area contributed by atoms with Gasteiger partial charge in [-0.1, -0.05) is 33.6 Å². The number of nitrogens with zero attached hydrogens (tertiary/aromatic N) is 1. The second-order valence-corrected chi connectivity index (χ2v) is 6.59. The molecule has 0 aromatic heterocycles. The van der Waals surface area contributed by atoms with E-state index in [0.29, 0.717) is 11.5 Å². The number of hydrogen-bond donors (Lipinski definition) is 1. The molecule has 0 spiro atoms. The van der Waals surface area contributed by atoms with Crippen LogP contribution in [0, 0.1) is 5.41 Å². The summed E-state index contributed by atoms with van der Waals surface area (Å²) in [6.07, 6.45) is 7.61. The maximum absolute atomic E-state index is 12.2. The van der Waals surface area contributed by atoms with E-state index in [2.05, 4.69) is 20.8 Å². The molecule has 1 aliphatic rings. The van der Waals surface area contributed by atoms with Crippen LogP contribution >= 0.6 is 0 Å². The first-order valence-corrected chi connectivity index (χ1v) is 7.39. The molecule has 1 amide bonds. The average Bonchev–Trinajstić information content (AvgIpc) is 2.34. The first kappa shape index (κ1) is 15.5. The van der Waals surface area contributed by atoms with Gasteiger partial charge in [0.2, 0.25) is 5.91 Å². The Morgan fingerprint density at radius 2 is 1.94 bits per heavy atom. The quantitative estimate of drug-likeness (QED) is 0.820. The van der Waals surface area contributed by atoms with Crippen molar-refractivity contribution in [3.05, 3.63) is 0 Å². The summed E-state index contributed by atoms with van der Waals surface area (Å²) in [4.78, 5) is 14.1. The summed E-state index contributed by atoms with van der Waals surface area (Å²) in [6.45, 7) is 6.76. The topological polar surface area (TPSA) is 46.3 Å². The smallest absolute Gasteiger partial charge is 0.239 e. The van der Waals surface area contributed by atoms with Crippen LogP contribution < -0.4 is 5.73 Å². The molecule has 1 fully saturated rings. The fourth-order valence-electron chi connectivity index (χ4n) is 2.76. The van der Waals surface area contributed by atoms with Gasteiger partial charge in [0.25, 0.3) is 0 Å². The van der Waals surface area contributed by atoms with Crippen LogP contribution in [0.15, 0.2) is 0 Å². The summed E-state index contributed by atoms with van der Waals surface area (Å²) in [5, 5.41) is 0. The first-order chi connectivity index (χ1) is 8.37. The number of carbonyl (C=O) groups is 1. The Hall–Kier alpha value is -0.570. The summed E-state index contributed by atoms with van der Waals surface area (Å²) in [5.74, 6) is 0.133. The molecule has 106 valence electrons. The highest BCUT2D eigenvalue weighted by Gasteiger charge is 2.31. The summed E-state index contributed by atoms with van der Waals surface area (Å²) in [6, 6.07) is 0.100. The van der Waals surface area contributed by atoms with Crippen molar-refractivity contribution >= 4 is 5.91 Å². The van der Waals surface area contributed by atoms with E-state index < -0.39 is 0 Å². The van der Waals surface area contributed by atoms with Crippen LogP contribution in [0.5, 0.6) is 0 Å². The SMILES string of the molecule is CCCCC(N)C(=O)N(C)C1CCC(C)(C)CC1. The van der Waals surface area contributed by atoms with Gasteiger partial charge in [0, 0.05) is 13.1 Å². The van der Waals surface area contributed by atoms with Gasteiger partial charge in [0.05, 0.1) is 6.04 Å². The van der Waals surface area contributed by atoms with Crippen LogP contribution in [-0.4, -0.2) is 29.9 Å². The number of hydrogen-bond acceptors (Lipinski definition) is 2. The molecule has 3 nitrogen and oxygen atoms in total. The van der Waals surface area contributed by atoms with E-state index in [9.17, 15) is 4.79 Å². The van der Waals surface area contributed by atoms with Gasteiger partial charge in [-0.2, -0.15) is 0 Å². The third kappa shape index (κ3) is 4.27. The molecule has 1 unspecified atom stereocenters. The van der Waals surface area contributed by atoms with E-state index in [4.69, 9.17) is 5.73 Å². The normalized spacial score (nSPS) is 21.6. The molecule has 0 heterocycles. The largest absolute Gasteiger partial charge is 0.341 e. The van der Waals surface area contributed by atoms with E-state index in [-0.39, 0.29) is 11.9 Å². The Morgan fingerprint density at radius 3 is 2.44 bits per heavy atom. The van der Waals surface area contributed by atoms with Crippen LogP contribution in [0.4, 0.5) is 0 Å². The minimum Gasteiger partial charge on any atom is -0.341 e. The zero-order chi connectivity index (χ0) is 13.8. The van der Waals surface area contributed by atoms with E-state index in [1.54, 1.807) is 0 Å². The van der Waals surface area contributed by atoms with Crippen molar-refractivity contribution in [2.75, 3.05) is 7.05 Å². The molecule has 1 saturated carbocycles. The maximum atomic E-state index is 12.2. The van der Waals surface area contributed by atoms with Crippen LogP contribution in [-0.2, 0) is 4.79 Å². The standard InChI is InChI=1S/C15H30N2O/c1-5-6-7-13(16)14(18)17(4)12-8-10-15(2,3)11-9-12/h12-13H,5-11,16H2,1-4H3. The maximum Gasteiger partial charge on any atom is 0.239 e. The number of rotatable bonds is 5. The lowest BCUT2D eigenvalue weighted by atomic mass is 9.75. The van der Waals surface area contributed by atoms with Gasteiger partial charge < -0.3 is 10.6 Å². The molecule has 18 heavy (non-hydrogen) atoms. The van der Waals surface area contributed by atoms with Crippen molar-refractivity contribution in [2.45, 2.75) is 77.8 Å². The summed E-state index contributed by atoms with van der Waals surface area (Å²) in [5.41, 5.74) is 6.42. The number of nitrogens with two attached hydrogens (primary N) is 1. The Bertz CT molecular complexity index is 266. The predicted molar refractivity (Wildman–Crippen MR) is 76.3 cm³/mol. The molecule has 2 N–H and O–H groups in total. The lowest BCUT2D eigenvalue weighted by molar-refractivity contribution is -0.134. The van der Waals surface area contributed by atoms with Gasteiger partial charge in [-0.15, -0.1) is 0 Å². The van der Waals surface area contributed by atoms with Crippen molar-refractivity contribution in [2.24, 2.45) is 11.1 Å². The van der Waals surface area contributed by atoms with E-state index in [1.165, 1.54) is 12.8 Å². The zero-order valence-corrected chi connectivity index (χ0v) is 12.5. The van der Waals surface area contributed by atoms with Crippen LogP contribution in [0.25, 0.3) is 0 Å². The molecular formula is C15H30N2O. The highest BCUT2D eigenvalue weighted by atomic mass is 16.2. The van der Waals surface area contributed by atoms with E-state index >= 15 is 0 Å². The Balaban J connectivity index is 2.44. The van der Waals surface area contributed by atoms with Gasteiger partial charge in [0.15, 0.2) is 0 Å².